The Labute approximate surface area is 115 Å². The van der Waals surface area contributed by atoms with Crippen molar-refractivity contribution >= 4 is 11.6 Å². The molecule has 0 heterocycles. The summed E-state index contributed by atoms with van der Waals surface area (Å²) in [6.45, 7) is 7.99. The van der Waals surface area contributed by atoms with Crippen LogP contribution in [0.1, 0.15) is 52.0 Å². The summed E-state index contributed by atoms with van der Waals surface area (Å²) >= 11 is 0. The molecule has 1 aromatic rings. The van der Waals surface area contributed by atoms with Crippen molar-refractivity contribution in [3.8, 4) is 6.07 Å². The summed E-state index contributed by atoms with van der Waals surface area (Å²) in [5.74, 6) is 0.256. The monoisotopic (exact) mass is 258 g/mol. The summed E-state index contributed by atoms with van der Waals surface area (Å²) in [5.41, 5.74) is 1.06. The summed E-state index contributed by atoms with van der Waals surface area (Å²) in [7, 11) is 0. The van der Waals surface area contributed by atoms with Gasteiger partial charge in [0, 0.05) is 5.69 Å². The van der Waals surface area contributed by atoms with Gasteiger partial charge in [0.1, 0.15) is 5.41 Å². The molecule has 19 heavy (non-hydrogen) atoms. The molecule has 0 aliphatic rings. The third-order valence-corrected chi connectivity index (χ3v) is 3.69. The second-order valence-corrected chi connectivity index (χ2v) is 5.13. The minimum atomic E-state index is -0.920. The van der Waals surface area contributed by atoms with Crippen molar-refractivity contribution in [3.63, 3.8) is 0 Å². The molecule has 0 atom stereocenters. The van der Waals surface area contributed by atoms with Gasteiger partial charge in [0.2, 0.25) is 5.91 Å². The molecule has 3 nitrogen and oxygen atoms in total. The fraction of sp³-hybridized carbons (Fsp3) is 0.500. The normalized spacial score (nSPS) is 11.2. The Bertz CT molecular complexity index is 465. The maximum absolute atomic E-state index is 12.2. The van der Waals surface area contributed by atoms with Crippen molar-refractivity contribution in [3.05, 3.63) is 29.8 Å². The maximum Gasteiger partial charge on any atom is 0.244 e. The third kappa shape index (κ3) is 3.35. The Hall–Kier alpha value is -1.82. The van der Waals surface area contributed by atoms with E-state index in [1.54, 1.807) is 0 Å². The van der Waals surface area contributed by atoms with Crippen molar-refractivity contribution < 1.29 is 4.79 Å². The summed E-state index contributed by atoms with van der Waals surface area (Å²) in [4.78, 5) is 12.2. The number of carbonyl (C=O) groups excluding carboxylic acids is 1. The second kappa shape index (κ2) is 6.38. The lowest BCUT2D eigenvalue weighted by Gasteiger charge is -2.22. The quantitative estimate of drug-likeness (QED) is 0.865. The van der Waals surface area contributed by atoms with Crippen LogP contribution in [0.3, 0.4) is 0 Å². The zero-order valence-electron chi connectivity index (χ0n) is 12.2. The molecule has 0 aromatic heterocycles. The van der Waals surface area contributed by atoms with E-state index >= 15 is 0 Å². The van der Waals surface area contributed by atoms with Crippen LogP contribution in [-0.4, -0.2) is 5.91 Å². The molecule has 0 saturated heterocycles. The zero-order chi connectivity index (χ0) is 14.5. The fourth-order valence-electron chi connectivity index (χ4n) is 1.98. The molecule has 1 amide bonds. The first-order valence-corrected chi connectivity index (χ1v) is 6.81. The number of nitriles is 1. The summed E-state index contributed by atoms with van der Waals surface area (Å²) in [6.07, 6.45) is 1.05. The molecule has 0 aliphatic heterocycles. The Morgan fingerprint density at radius 2 is 1.79 bits per heavy atom. The Morgan fingerprint density at radius 3 is 2.16 bits per heavy atom. The minimum Gasteiger partial charge on any atom is -0.325 e. The van der Waals surface area contributed by atoms with Gasteiger partial charge in [-0.2, -0.15) is 5.26 Å². The number of rotatable bonds is 5. The predicted octanol–water partition coefficient (Wildman–Crippen LogP) is 4.08. The SMILES string of the molecule is CCC(C#N)(CC)C(=O)Nc1ccc(C(C)C)cc1. The van der Waals surface area contributed by atoms with E-state index in [-0.39, 0.29) is 5.91 Å². The highest BCUT2D eigenvalue weighted by molar-refractivity contribution is 5.97. The molecule has 0 aliphatic carbocycles. The molecule has 102 valence electrons. The molecule has 0 unspecified atom stereocenters. The average molecular weight is 258 g/mol. The highest BCUT2D eigenvalue weighted by Crippen LogP contribution is 2.27. The predicted molar refractivity (Wildman–Crippen MR) is 77.8 cm³/mol. The molecular weight excluding hydrogens is 236 g/mol. The third-order valence-electron chi connectivity index (χ3n) is 3.69. The first kappa shape index (κ1) is 15.2. The van der Waals surface area contributed by atoms with E-state index in [1.807, 2.05) is 38.1 Å². The summed E-state index contributed by atoms with van der Waals surface area (Å²) < 4.78 is 0. The Kier molecular flexibility index (Phi) is 5.11. The fourth-order valence-corrected chi connectivity index (χ4v) is 1.98. The van der Waals surface area contributed by atoms with Crippen LogP contribution in [0, 0.1) is 16.7 Å². The minimum absolute atomic E-state index is 0.211. The van der Waals surface area contributed by atoms with Gasteiger partial charge in [0.05, 0.1) is 6.07 Å². The maximum atomic E-state index is 12.2. The van der Waals surface area contributed by atoms with E-state index in [1.165, 1.54) is 5.56 Å². The van der Waals surface area contributed by atoms with Gasteiger partial charge in [-0.3, -0.25) is 4.79 Å². The molecule has 0 spiro atoms. The van der Waals surface area contributed by atoms with Crippen LogP contribution in [0.15, 0.2) is 24.3 Å². The smallest absolute Gasteiger partial charge is 0.244 e. The Morgan fingerprint density at radius 1 is 1.26 bits per heavy atom. The number of nitrogens with one attached hydrogen (secondary N) is 1. The second-order valence-electron chi connectivity index (χ2n) is 5.13. The van der Waals surface area contributed by atoms with Crippen molar-refractivity contribution in [2.45, 2.75) is 46.5 Å². The van der Waals surface area contributed by atoms with Crippen molar-refractivity contribution in [1.82, 2.24) is 0 Å². The van der Waals surface area contributed by atoms with Crippen LogP contribution in [-0.2, 0) is 4.79 Å². The topological polar surface area (TPSA) is 52.9 Å². The van der Waals surface area contributed by atoms with Crippen LogP contribution in [0.4, 0.5) is 5.69 Å². The van der Waals surface area contributed by atoms with E-state index in [0.29, 0.717) is 18.8 Å². The van der Waals surface area contributed by atoms with Gasteiger partial charge in [-0.15, -0.1) is 0 Å². The molecule has 1 aromatic carbocycles. The molecule has 0 saturated carbocycles. The molecular formula is C16H22N2O. The standard InChI is InChI=1S/C16H22N2O/c1-5-16(6-2,11-17)15(19)18-14-9-7-13(8-10-14)12(3)4/h7-10,12H,5-6H2,1-4H3,(H,18,19). The molecule has 0 radical (unpaired) electrons. The van der Waals surface area contributed by atoms with Crippen molar-refractivity contribution in [1.29, 1.82) is 5.26 Å². The number of benzene rings is 1. The van der Waals surface area contributed by atoms with Crippen LogP contribution in [0.2, 0.25) is 0 Å². The summed E-state index contributed by atoms with van der Waals surface area (Å²) in [5, 5.41) is 12.1. The average Bonchev–Trinajstić information content (AvgIpc) is 2.42. The molecule has 0 bridgehead atoms. The molecule has 1 rings (SSSR count). The largest absolute Gasteiger partial charge is 0.325 e. The van der Waals surface area contributed by atoms with Gasteiger partial charge in [-0.05, 0) is 36.5 Å². The van der Waals surface area contributed by atoms with E-state index in [0.717, 1.165) is 5.69 Å². The summed E-state index contributed by atoms with van der Waals surface area (Å²) in [6, 6.07) is 9.94. The first-order valence-electron chi connectivity index (χ1n) is 6.81. The lowest BCUT2D eigenvalue weighted by Crippen LogP contribution is -2.33. The highest BCUT2D eigenvalue weighted by atomic mass is 16.2. The van der Waals surface area contributed by atoms with E-state index in [2.05, 4.69) is 25.2 Å². The van der Waals surface area contributed by atoms with Gasteiger partial charge in [-0.1, -0.05) is 39.8 Å². The van der Waals surface area contributed by atoms with Gasteiger partial charge in [-0.25, -0.2) is 0 Å². The van der Waals surface area contributed by atoms with Gasteiger partial charge < -0.3 is 5.32 Å². The number of carbonyl (C=O) groups is 1. The zero-order valence-corrected chi connectivity index (χ0v) is 12.2. The van der Waals surface area contributed by atoms with Crippen LogP contribution in [0.25, 0.3) is 0 Å². The number of hydrogen-bond acceptors (Lipinski definition) is 2. The van der Waals surface area contributed by atoms with Gasteiger partial charge in [0.15, 0.2) is 0 Å². The number of amides is 1. The lowest BCUT2D eigenvalue weighted by molar-refractivity contribution is -0.123. The van der Waals surface area contributed by atoms with Crippen LogP contribution >= 0.6 is 0 Å². The van der Waals surface area contributed by atoms with Gasteiger partial charge >= 0.3 is 0 Å². The van der Waals surface area contributed by atoms with E-state index in [9.17, 15) is 10.1 Å². The van der Waals surface area contributed by atoms with E-state index in [4.69, 9.17) is 0 Å². The highest BCUT2D eigenvalue weighted by Gasteiger charge is 2.34. The van der Waals surface area contributed by atoms with Crippen LogP contribution in [0.5, 0.6) is 0 Å². The first-order chi connectivity index (χ1) is 8.99. The molecule has 0 fully saturated rings. The number of anilines is 1. The number of nitrogens with zero attached hydrogens (tertiary/aromatic N) is 1. The molecule has 1 N–H and O–H groups in total. The molecule has 3 heteroatoms. The van der Waals surface area contributed by atoms with Crippen molar-refractivity contribution in [2.75, 3.05) is 5.32 Å². The Balaban J connectivity index is 2.85. The van der Waals surface area contributed by atoms with E-state index < -0.39 is 5.41 Å². The number of hydrogen-bond donors (Lipinski definition) is 1. The van der Waals surface area contributed by atoms with Crippen LogP contribution < -0.4 is 5.32 Å². The lowest BCUT2D eigenvalue weighted by atomic mass is 9.83. The van der Waals surface area contributed by atoms with Gasteiger partial charge in [0.25, 0.3) is 0 Å². The van der Waals surface area contributed by atoms with Crippen molar-refractivity contribution in [2.24, 2.45) is 5.41 Å².